The molecule has 1 aromatic rings. The van der Waals surface area contributed by atoms with Gasteiger partial charge >= 0.3 is 6.18 Å². The van der Waals surface area contributed by atoms with Gasteiger partial charge in [0.2, 0.25) is 0 Å². The number of aromatic nitrogens is 1. The minimum absolute atomic E-state index is 0.163. The molecule has 1 rings (SSSR count). The first-order valence-electron chi connectivity index (χ1n) is 5.86. The number of nitrogen functional groups attached to an aromatic ring is 1. The third-order valence-electron chi connectivity index (χ3n) is 3.07. The van der Waals surface area contributed by atoms with Crippen LogP contribution >= 0.6 is 0 Å². The van der Waals surface area contributed by atoms with E-state index in [9.17, 15) is 13.2 Å². The van der Waals surface area contributed by atoms with Gasteiger partial charge in [-0.15, -0.1) is 0 Å². The molecule has 1 heterocycles. The predicted octanol–water partition coefficient (Wildman–Crippen LogP) is 3.31. The first-order chi connectivity index (χ1) is 8.31. The van der Waals surface area contributed by atoms with Gasteiger partial charge in [-0.1, -0.05) is 13.8 Å². The predicted molar refractivity (Wildman–Crippen MR) is 66.4 cm³/mol. The molecule has 0 unspecified atom stereocenters. The molecule has 2 N–H and O–H groups in total. The number of nitrogens with zero attached hydrogens (tertiary/aromatic N) is 2. The highest BCUT2D eigenvalue weighted by molar-refractivity contribution is 5.67. The highest BCUT2D eigenvalue weighted by Gasteiger charge is 2.33. The van der Waals surface area contributed by atoms with Crippen LogP contribution in [0, 0.1) is 0 Å². The molecule has 0 saturated heterocycles. The van der Waals surface area contributed by atoms with Gasteiger partial charge in [-0.05, 0) is 18.9 Å². The maximum Gasteiger partial charge on any atom is 0.433 e. The average molecular weight is 261 g/mol. The van der Waals surface area contributed by atoms with Crippen LogP contribution in [-0.4, -0.2) is 18.1 Å². The van der Waals surface area contributed by atoms with Crippen LogP contribution in [0.2, 0.25) is 0 Å². The second kappa shape index (κ2) is 5.46. The van der Waals surface area contributed by atoms with Crippen LogP contribution in [0.15, 0.2) is 12.3 Å². The van der Waals surface area contributed by atoms with Crippen molar-refractivity contribution >= 4 is 11.4 Å². The Bertz CT molecular complexity index is 400. The molecule has 0 aliphatic heterocycles. The van der Waals surface area contributed by atoms with Crippen LogP contribution < -0.4 is 10.6 Å². The van der Waals surface area contributed by atoms with Gasteiger partial charge in [0.25, 0.3) is 0 Å². The normalized spacial score (nSPS) is 11.9. The molecule has 3 nitrogen and oxygen atoms in total. The summed E-state index contributed by atoms with van der Waals surface area (Å²) < 4.78 is 37.8. The molecule has 0 bridgehead atoms. The van der Waals surface area contributed by atoms with Crippen molar-refractivity contribution in [2.45, 2.75) is 38.9 Å². The third-order valence-corrected chi connectivity index (χ3v) is 3.07. The van der Waals surface area contributed by atoms with Crippen LogP contribution in [0.4, 0.5) is 24.5 Å². The second-order valence-corrected chi connectivity index (χ2v) is 4.21. The first-order valence-corrected chi connectivity index (χ1v) is 5.86. The molecule has 0 atom stereocenters. The summed E-state index contributed by atoms with van der Waals surface area (Å²) in [4.78, 5) is 5.11. The zero-order valence-electron chi connectivity index (χ0n) is 10.8. The quantitative estimate of drug-likeness (QED) is 0.904. The summed E-state index contributed by atoms with van der Waals surface area (Å²) in [6, 6.07) is 1.17. The van der Waals surface area contributed by atoms with Crippen molar-refractivity contribution < 1.29 is 13.2 Å². The molecule has 0 aromatic carbocycles. The lowest BCUT2D eigenvalue weighted by molar-refractivity contribution is -0.141. The van der Waals surface area contributed by atoms with Gasteiger partial charge in [0.15, 0.2) is 0 Å². The van der Waals surface area contributed by atoms with Gasteiger partial charge in [-0.25, -0.2) is 4.98 Å². The molecule has 0 saturated carbocycles. The number of halogens is 3. The summed E-state index contributed by atoms with van der Waals surface area (Å²) in [5.74, 6) is 0. The number of alkyl halides is 3. The maximum absolute atomic E-state index is 12.6. The van der Waals surface area contributed by atoms with Crippen molar-refractivity contribution in [3.8, 4) is 0 Å². The number of anilines is 2. The molecule has 0 amide bonds. The molecule has 102 valence electrons. The van der Waals surface area contributed by atoms with E-state index >= 15 is 0 Å². The summed E-state index contributed by atoms with van der Waals surface area (Å²) >= 11 is 0. The maximum atomic E-state index is 12.6. The first kappa shape index (κ1) is 14.6. The fourth-order valence-corrected chi connectivity index (χ4v) is 1.95. The fraction of sp³-hybridized carbons (Fsp3) is 0.583. The molecule has 0 aliphatic rings. The van der Waals surface area contributed by atoms with E-state index in [1.807, 2.05) is 13.8 Å². The summed E-state index contributed by atoms with van der Waals surface area (Å²) in [5.41, 5.74) is 5.44. The number of hydrogen-bond acceptors (Lipinski definition) is 3. The molecular formula is C12H18F3N3. The van der Waals surface area contributed by atoms with Gasteiger partial charge in [-0.2, -0.15) is 13.2 Å². The summed E-state index contributed by atoms with van der Waals surface area (Å²) in [6.45, 7) is 3.99. The minimum atomic E-state index is -4.45. The van der Waals surface area contributed by atoms with E-state index in [-0.39, 0.29) is 11.7 Å². The van der Waals surface area contributed by atoms with E-state index < -0.39 is 11.9 Å². The largest absolute Gasteiger partial charge is 0.433 e. The monoisotopic (exact) mass is 261 g/mol. The van der Waals surface area contributed by atoms with E-state index in [4.69, 9.17) is 5.73 Å². The Morgan fingerprint density at radius 3 is 2.33 bits per heavy atom. The Morgan fingerprint density at radius 2 is 1.89 bits per heavy atom. The van der Waals surface area contributed by atoms with Gasteiger partial charge in [-0.3, -0.25) is 0 Å². The number of rotatable bonds is 4. The van der Waals surface area contributed by atoms with E-state index in [2.05, 4.69) is 4.98 Å². The van der Waals surface area contributed by atoms with Crippen molar-refractivity contribution in [1.82, 2.24) is 4.98 Å². The number of nitrogens with two attached hydrogens (primary N) is 1. The van der Waals surface area contributed by atoms with E-state index in [1.165, 1.54) is 0 Å². The Morgan fingerprint density at radius 1 is 1.33 bits per heavy atom. The highest BCUT2D eigenvalue weighted by Crippen LogP contribution is 2.33. The molecule has 0 fully saturated rings. The van der Waals surface area contributed by atoms with Crippen LogP contribution in [0.25, 0.3) is 0 Å². The number of hydrogen-bond donors (Lipinski definition) is 1. The second-order valence-electron chi connectivity index (χ2n) is 4.21. The molecule has 0 radical (unpaired) electrons. The third kappa shape index (κ3) is 3.05. The van der Waals surface area contributed by atoms with E-state index in [0.29, 0.717) is 5.69 Å². The van der Waals surface area contributed by atoms with Crippen molar-refractivity contribution in [3.05, 3.63) is 18.0 Å². The lowest BCUT2D eigenvalue weighted by Crippen LogP contribution is -2.31. The Balaban J connectivity index is 3.15. The van der Waals surface area contributed by atoms with Gasteiger partial charge in [0.05, 0.1) is 17.6 Å². The molecule has 18 heavy (non-hydrogen) atoms. The standard InChI is InChI=1S/C12H18F3N3/c1-4-8(5-2)18(3)10-6-11(12(13,14)15)17-7-9(10)16/h6-8H,4-5,16H2,1-3H3. The van der Waals surface area contributed by atoms with E-state index in [1.54, 1.807) is 11.9 Å². The lowest BCUT2D eigenvalue weighted by Gasteiger charge is -2.29. The minimum Gasteiger partial charge on any atom is -0.396 e. The molecule has 6 heteroatoms. The Labute approximate surface area is 105 Å². The van der Waals surface area contributed by atoms with Crippen molar-refractivity contribution in [3.63, 3.8) is 0 Å². The lowest BCUT2D eigenvalue weighted by atomic mass is 10.1. The van der Waals surface area contributed by atoms with Crippen LogP contribution in [0.3, 0.4) is 0 Å². The molecular weight excluding hydrogens is 243 g/mol. The molecule has 1 aromatic heterocycles. The fourth-order valence-electron chi connectivity index (χ4n) is 1.95. The SMILES string of the molecule is CCC(CC)N(C)c1cc(C(F)(F)F)ncc1N. The van der Waals surface area contributed by atoms with Gasteiger partial charge < -0.3 is 10.6 Å². The average Bonchev–Trinajstić information content (AvgIpc) is 2.29. The smallest absolute Gasteiger partial charge is 0.396 e. The van der Waals surface area contributed by atoms with Gasteiger partial charge in [0, 0.05) is 13.1 Å². The Hall–Kier alpha value is -1.46. The number of pyridine rings is 1. The summed E-state index contributed by atoms with van der Waals surface area (Å²) in [6.07, 6.45) is -1.69. The van der Waals surface area contributed by atoms with Crippen molar-refractivity contribution in [1.29, 1.82) is 0 Å². The zero-order valence-corrected chi connectivity index (χ0v) is 10.8. The molecule has 0 aliphatic carbocycles. The Kier molecular flexibility index (Phi) is 4.43. The van der Waals surface area contributed by atoms with Crippen LogP contribution in [0.1, 0.15) is 32.4 Å². The van der Waals surface area contributed by atoms with Crippen molar-refractivity contribution in [2.24, 2.45) is 0 Å². The van der Waals surface area contributed by atoms with Crippen LogP contribution in [0.5, 0.6) is 0 Å². The summed E-state index contributed by atoms with van der Waals surface area (Å²) in [7, 11) is 1.75. The van der Waals surface area contributed by atoms with Crippen molar-refractivity contribution in [2.75, 3.05) is 17.7 Å². The molecule has 0 spiro atoms. The topological polar surface area (TPSA) is 42.2 Å². The van der Waals surface area contributed by atoms with Gasteiger partial charge in [0.1, 0.15) is 5.69 Å². The zero-order chi connectivity index (χ0) is 13.9. The van der Waals surface area contributed by atoms with E-state index in [0.717, 1.165) is 25.1 Å². The summed E-state index contributed by atoms with van der Waals surface area (Å²) in [5, 5.41) is 0. The highest BCUT2D eigenvalue weighted by atomic mass is 19.4. The van der Waals surface area contributed by atoms with Crippen LogP contribution in [-0.2, 0) is 6.18 Å².